The molecule has 26 heavy (non-hydrogen) atoms. The summed E-state index contributed by atoms with van der Waals surface area (Å²) in [6, 6.07) is 25.2. The Balaban J connectivity index is 1.83. The molecule has 0 saturated heterocycles. The molecule has 0 bridgehead atoms. The molecule has 3 aromatic carbocycles. The van der Waals surface area contributed by atoms with Gasteiger partial charge in [-0.15, -0.1) is 0 Å². The van der Waals surface area contributed by atoms with E-state index in [9.17, 15) is 0 Å². The van der Waals surface area contributed by atoms with E-state index in [1.807, 2.05) is 6.07 Å². The van der Waals surface area contributed by atoms with E-state index in [1.165, 1.54) is 27.8 Å². The zero-order valence-corrected chi connectivity index (χ0v) is 16.2. The molecule has 0 heterocycles. The van der Waals surface area contributed by atoms with Gasteiger partial charge in [-0.1, -0.05) is 66.2 Å². The molecule has 0 radical (unpaired) electrons. The Kier molecular flexibility index (Phi) is 5.69. The van der Waals surface area contributed by atoms with E-state index in [2.05, 4.69) is 98.1 Å². The summed E-state index contributed by atoms with van der Waals surface area (Å²) in [7, 11) is 0. The lowest BCUT2D eigenvalue weighted by molar-refractivity contribution is 0.767. The van der Waals surface area contributed by atoms with Crippen LogP contribution >= 0.6 is 12.2 Å². The lowest BCUT2D eigenvalue weighted by atomic mass is 9.97. The molecule has 3 aromatic rings. The van der Waals surface area contributed by atoms with Crippen molar-refractivity contribution in [1.29, 1.82) is 0 Å². The standard InChI is InChI=1S/C23H24N2S/c1-16-8-7-11-20(14-16)22(19-9-5-4-6-10-19)25-23(26)24-21-13-12-17(2)18(3)15-21/h4-15,22H,1-3H3,(H2,24,25,26)/t22-/m1/s1. The van der Waals surface area contributed by atoms with Gasteiger partial charge in [-0.05, 0) is 67.4 Å². The van der Waals surface area contributed by atoms with E-state index < -0.39 is 0 Å². The lowest BCUT2D eigenvalue weighted by Crippen LogP contribution is -2.33. The molecule has 0 aliphatic rings. The fourth-order valence-corrected chi connectivity index (χ4v) is 3.21. The molecule has 132 valence electrons. The van der Waals surface area contributed by atoms with Crippen molar-refractivity contribution in [1.82, 2.24) is 5.32 Å². The first kappa shape index (κ1) is 18.2. The highest BCUT2D eigenvalue weighted by Crippen LogP contribution is 2.23. The van der Waals surface area contributed by atoms with Crippen LogP contribution < -0.4 is 10.6 Å². The molecule has 3 rings (SSSR count). The molecule has 0 unspecified atom stereocenters. The summed E-state index contributed by atoms with van der Waals surface area (Å²) >= 11 is 5.60. The average Bonchev–Trinajstić information content (AvgIpc) is 2.63. The molecule has 0 aliphatic carbocycles. The van der Waals surface area contributed by atoms with Crippen LogP contribution in [0.1, 0.15) is 33.9 Å². The van der Waals surface area contributed by atoms with Crippen LogP contribution in [0.2, 0.25) is 0 Å². The van der Waals surface area contributed by atoms with E-state index in [0.29, 0.717) is 5.11 Å². The lowest BCUT2D eigenvalue weighted by Gasteiger charge is -2.22. The minimum Gasteiger partial charge on any atom is -0.352 e. The SMILES string of the molecule is Cc1cccc([C@H](NC(=S)Nc2ccc(C)c(C)c2)c2ccccc2)c1. The molecule has 0 spiro atoms. The summed E-state index contributed by atoms with van der Waals surface area (Å²) in [6.07, 6.45) is 0. The molecule has 2 nitrogen and oxygen atoms in total. The van der Waals surface area contributed by atoms with Crippen LogP contribution in [0.5, 0.6) is 0 Å². The maximum absolute atomic E-state index is 5.60. The minimum atomic E-state index is 0.00245. The Labute approximate surface area is 161 Å². The van der Waals surface area contributed by atoms with Crippen LogP contribution in [-0.4, -0.2) is 5.11 Å². The highest BCUT2D eigenvalue weighted by molar-refractivity contribution is 7.80. The van der Waals surface area contributed by atoms with E-state index in [1.54, 1.807) is 0 Å². The van der Waals surface area contributed by atoms with E-state index >= 15 is 0 Å². The first-order chi connectivity index (χ1) is 12.5. The number of aryl methyl sites for hydroxylation is 3. The second kappa shape index (κ2) is 8.15. The average molecular weight is 361 g/mol. The summed E-state index contributed by atoms with van der Waals surface area (Å²) in [5.74, 6) is 0. The van der Waals surface area contributed by atoms with Crippen LogP contribution in [0.25, 0.3) is 0 Å². The highest BCUT2D eigenvalue weighted by Gasteiger charge is 2.15. The van der Waals surface area contributed by atoms with Gasteiger partial charge in [0.05, 0.1) is 6.04 Å². The Bertz CT molecular complexity index is 903. The summed E-state index contributed by atoms with van der Waals surface area (Å²) < 4.78 is 0. The highest BCUT2D eigenvalue weighted by atomic mass is 32.1. The van der Waals surface area contributed by atoms with Crippen LogP contribution in [-0.2, 0) is 0 Å². The maximum atomic E-state index is 5.60. The summed E-state index contributed by atoms with van der Waals surface area (Å²) in [5, 5.41) is 7.41. The monoisotopic (exact) mass is 360 g/mol. The van der Waals surface area contributed by atoms with Gasteiger partial charge in [-0.2, -0.15) is 0 Å². The van der Waals surface area contributed by atoms with E-state index in [-0.39, 0.29) is 6.04 Å². The van der Waals surface area contributed by atoms with Crippen molar-refractivity contribution >= 4 is 23.0 Å². The quantitative estimate of drug-likeness (QED) is 0.585. The van der Waals surface area contributed by atoms with Gasteiger partial charge in [0, 0.05) is 5.69 Å². The third kappa shape index (κ3) is 4.50. The Morgan fingerprint density at radius 2 is 1.50 bits per heavy atom. The van der Waals surface area contributed by atoms with Gasteiger partial charge < -0.3 is 10.6 Å². The Morgan fingerprint density at radius 1 is 0.769 bits per heavy atom. The maximum Gasteiger partial charge on any atom is 0.171 e. The fourth-order valence-electron chi connectivity index (χ4n) is 2.97. The van der Waals surface area contributed by atoms with E-state index in [4.69, 9.17) is 12.2 Å². The predicted molar refractivity (Wildman–Crippen MR) is 115 cm³/mol. The number of thiocarbonyl (C=S) groups is 1. The van der Waals surface area contributed by atoms with Crippen LogP contribution in [0.4, 0.5) is 5.69 Å². The van der Waals surface area contributed by atoms with Crippen LogP contribution in [0.15, 0.2) is 72.8 Å². The van der Waals surface area contributed by atoms with Crippen molar-refractivity contribution in [2.75, 3.05) is 5.32 Å². The van der Waals surface area contributed by atoms with Gasteiger partial charge in [0.2, 0.25) is 0 Å². The van der Waals surface area contributed by atoms with Gasteiger partial charge in [0.15, 0.2) is 5.11 Å². The summed E-state index contributed by atoms with van der Waals surface area (Å²) in [6.45, 7) is 6.33. The molecular weight excluding hydrogens is 336 g/mol. The molecule has 0 amide bonds. The van der Waals surface area contributed by atoms with Gasteiger partial charge in [-0.25, -0.2) is 0 Å². The topological polar surface area (TPSA) is 24.1 Å². The largest absolute Gasteiger partial charge is 0.352 e. The number of rotatable bonds is 4. The third-order valence-corrected chi connectivity index (χ3v) is 4.77. The third-order valence-electron chi connectivity index (χ3n) is 4.55. The molecule has 1 atom stereocenters. The summed E-state index contributed by atoms with van der Waals surface area (Å²) in [5.41, 5.74) is 7.13. The molecule has 2 N–H and O–H groups in total. The first-order valence-electron chi connectivity index (χ1n) is 8.79. The van der Waals surface area contributed by atoms with Gasteiger partial charge in [-0.3, -0.25) is 0 Å². The number of benzene rings is 3. The smallest absolute Gasteiger partial charge is 0.171 e. The molecule has 0 aromatic heterocycles. The van der Waals surface area contributed by atoms with Crippen molar-refractivity contribution < 1.29 is 0 Å². The molecule has 0 fully saturated rings. The van der Waals surface area contributed by atoms with Crippen molar-refractivity contribution in [3.8, 4) is 0 Å². The van der Waals surface area contributed by atoms with Gasteiger partial charge in [0.25, 0.3) is 0 Å². The fraction of sp³-hybridized carbons (Fsp3) is 0.174. The molecule has 3 heteroatoms. The van der Waals surface area contributed by atoms with Crippen molar-refractivity contribution in [2.24, 2.45) is 0 Å². The van der Waals surface area contributed by atoms with Gasteiger partial charge in [0.1, 0.15) is 0 Å². The molecular formula is C23H24N2S. The van der Waals surface area contributed by atoms with E-state index in [0.717, 1.165) is 5.69 Å². The minimum absolute atomic E-state index is 0.00245. The number of hydrogen-bond donors (Lipinski definition) is 2. The molecule has 0 aliphatic heterocycles. The first-order valence-corrected chi connectivity index (χ1v) is 9.20. The zero-order chi connectivity index (χ0) is 18.5. The van der Waals surface area contributed by atoms with Crippen molar-refractivity contribution in [3.05, 3.63) is 101 Å². The zero-order valence-electron chi connectivity index (χ0n) is 15.4. The number of hydrogen-bond acceptors (Lipinski definition) is 1. The second-order valence-electron chi connectivity index (χ2n) is 6.66. The van der Waals surface area contributed by atoms with Crippen LogP contribution in [0.3, 0.4) is 0 Å². The number of nitrogens with one attached hydrogen (secondary N) is 2. The second-order valence-corrected chi connectivity index (χ2v) is 7.06. The number of anilines is 1. The predicted octanol–water partition coefficient (Wildman–Crippen LogP) is 5.69. The Hall–Kier alpha value is -2.65. The summed E-state index contributed by atoms with van der Waals surface area (Å²) in [4.78, 5) is 0. The molecule has 0 saturated carbocycles. The van der Waals surface area contributed by atoms with Crippen LogP contribution in [0, 0.1) is 20.8 Å². The van der Waals surface area contributed by atoms with Crippen molar-refractivity contribution in [2.45, 2.75) is 26.8 Å². The van der Waals surface area contributed by atoms with Gasteiger partial charge >= 0.3 is 0 Å². The Morgan fingerprint density at radius 3 is 2.19 bits per heavy atom. The normalized spacial score (nSPS) is 11.7. The van der Waals surface area contributed by atoms with Crippen molar-refractivity contribution in [3.63, 3.8) is 0 Å².